The highest BCUT2D eigenvalue weighted by molar-refractivity contribution is 5.79. The molecule has 2 aromatic rings. The zero-order chi connectivity index (χ0) is 13.1. The first-order chi connectivity index (χ1) is 9.31. The number of benzene rings is 1. The Morgan fingerprint density at radius 3 is 2.89 bits per heavy atom. The predicted octanol–water partition coefficient (Wildman–Crippen LogP) is 2.81. The van der Waals surface area contributed by atoms with Gasteiger partial charge < -0.3 is 15.4 Å². The van der Waals surface area contributed by atoms with Crippen LogP contribution < -0.4 is 5.32 Å². The Labute approximate surface area is 114 Å². The molecule has 19 heavy (non-hydrogen) atoms. The Hall–Kier alpha value is -1.32. The highest BCUT2D eigenvalue weighted by Gasteiger charge is 2.35. The lowest BCUT2D eigenvalue weighted by Gasteiger charge is -2.40. The first-order valence-corrected chi connectivity index (χ1v) is 7.19. The van der Waals surface area contributed by atoms with Crippen LogP contribution in [0, 0.1) is 5.41 Å². The maximum Gasteiger partial charge on any atom is 0.0487 e. The summed E-state index contributed by atoms with van der Waals surface area (Å²) in [5, 5.41) is 14.2. The van der Waals surface area contributed by atoms with Crippen molar-refractivity contribution in [2.45, 2.75) is 32.2 Å². The number of fused-ring (bicyclic) bond motifs is 1. The fourth-order valence-electron chi connectivity index (χ4n) is 2.96. The molecule has 1 heterocycles. The van der Waals surface area contributed by atoms with Crippen molar-refractivity contribution < 1.29 is 5.11 Å². The van der Waals surface area contributed by atoms with E-state index in [-0.39, 0.29) is 5.41 Å². The van der Waals surface area contributed by atoms with Gasteiger partial charge in [-0.05, 0) is 60.4 Å². The van der Waals surface area contributed by atoms with Crippen LogP contribution in [0.4, 0.5) is 0 Å². The number of rotatable bonds is 6. The summed E-state index contributed by atoms with van der Waals surface area (Å²) in [5.41, 5.74) is 2.74. The number of nitrogens with one attached hydrogen (secondary N) is 2. The second-order valence-corrected chi connectivity index (χ2v) is 5.84. The van der Waals surface area contributed by atoms with Gasteiger partial charge in [0.1, 0.15) is 0 Å². The minimum Gasteiger partial charge on any atom is -0.396 e. The van der Waals surface area contributed by atoms with E-state index in [1.807, 2.05) is 6.20 Å². The van der Waals surface area contributed by atoms with Gasteiger partial charge in [-0.3, -0.25) is 0 Å². The second kappa shape index (κ2) is 5.35. The summed E-state index contributed by atoms with van der Waals surface area (Å²) in [6.45, 7) is 2.25. The molecule has 0 aliphatic heterocycles. The van der Waals surface area contributed by atoms with Gasteiger partial charge >= 0.3 is 0 Å². The summed E-state index contributed by atoms with van der Waals surface area (Å²) in [5.74, 6) is 0. The van der Waals surface area contributed by atoms with Gasteiger partial charge in [-0.1, -0.05) is 12.5 Å². The Morgan fingerprint density at radius 1 is 1.26 bits per heavy atom. The third-order valence-electron chi connectivity index (χ3n) is 4.53. The number of hydrogen-bond acceptors (Lipinski definition) is 2. The van der Waals surface area contributed by atoms with Crippen LogP contribution in [0.15, 0.2) is 30.5 Å². The molecule has 0 amide bonds. The molecule has 3 N–H and O–H groups in total. The molecule has 1 aromatic carbocycles. The molecule has 0 spiro atoms. The van der Waals surface area contributed by atoms with Crippen LogP contribution in [0.5, 0.6) is 0 Å². The molecular weight excluding hydrogens is 236 g/mol. The maximum atomic E-state index is 9.42. The summed E-state index contributed by atoms with van der Waals surface area (Å²) >= 11 is 0. The van der Waals surface area contributed by atoms with Crippen LogP contribution in [-0.2, 0) is 6.54 Å². The lowest BCUT2D eigenvalue weighted by atomic mass is 9.67. The molecule has 1 aromatic heterocycles. The summed E-state index contributed by atoms with van der Waals surface area (Å²) in [7, 11) is 0. The number of aromatic amines is 1. The number of aliphatic hydroxyl groups is 1. The topological polar surface area (TPSA) is 48.0 Å². The maximum absolute atomic E-state index is 9.42. The van der Waals surface area contributed by atoms with E-state index in [1.165, 1.54) is 35.7 Å². The lowest BCUT2D eigenvalue weighted by Crippen LogP contribution is -2.36. The quantitative estimate of drug-likeness (QED) is 0.698. The molecule has 0 atom stereocenters. The van der Waals surface area contributed by atoms with Crippen molar-refractivity contribution in [3.63, 3.8) is 0 Å². The zero-order valence-electron chi connectivity index (χ0n) is 11.3. The molecule has 3 nitrogen and oxygen atoms in total. The first-order valence-electron chi connectivity index (χ1n) is 7.19. The number of aliphatic hydroxyl groups excluding tert-OH is 1. The Balaban J connectivity index is 1.49. The fraction of sp³-hybridized carbons (Fsp3) is 0.500. The third kappa shape index (κ3) is 2.67. The number of hydrogen-bond donors (Lipinski definition) is 3. The fourth-order valence-corrected chi connectivity index (χ4v) is 2.96. The SMILES string of the molecule is OCC1(CCNCc2ccc3[nH]ccc3c2)CCC1. The van der Waals surface area contributed by atoms with Crippen LogP contribution in [0.2, 0.25) is 0 Å². The Morgan fingerprint density at radius 2 is 2.16 bits per heavy atom. The highest BCUT2D eigenvalue weighted by Crippen LogP contribution is 2.42. The third-order valence-corrected chi connectivity index (χ3v) is 4.53. The average Bonchev–Trinajstić information content (AvgIpc) is 2.84. The summed E-state index contributed by atoms with van der Waals surface area (Å²) in [6, 6.07) is 8.63. The molecule has 3 heteroatoms. The van der Waals surface area contributed by atoms with Gasteiger partial charge in [0.25, 0.3) is 0 Å². The summed E-state index contributed by atoms with van der Waals surface area (Å²) in [6.07, 6.45) is 6.74. The van der Waals surface area contributed by atoms with Gasteiger partial charge in [-0.15, -0.1) is 0 Å². The van der Waals surface area contributed by atoms with E-state index in [2.05, 4.69) is 34.6 Å². The molecule has 1 aliphatic carbocycles. The van der Waals surface area contributed by atoms with Gasteiger partial charge in [-0.2, -0.15) is 0 Å². The van der Waals surface area contributed by atoms with Gasteiger partial charge in [0, 0.05) is 24.9 Å². The second-order valence-electron chi connectivity index (χ2n) is 5.84. The van der Waals surface area contributed by atoms with Gasteiger partial charge in [-0.25, -0.2) is 0 Å². The normalized spacial score (nSPS) is 17.5. The minimum absolute atomic E-state index is 0.234. The van der Waals surface area contributed by atoms with E-state index in [4.69, 9.17) is 0 Å². The minimum atomic E-state index is 0.234. The Bertz CT molecular complexity index is 537. The molecule has 0 bridgehead atoms. The highest BCUT2D eigenvalue weighted by atomic mass is 16.3. The van der Waals surface area contributed by atoms with Crippen molar-refractivity contribution in [2.75, 3.05) is 13.2 Å². The molecule has 102 valence electrons. The van der Waals surface area contributed by atoms with Crippen LogP contribution >= 0.6 is 0 Å². The van der Waals surface area contributed by atoms with Crippen LogP contribution in [0.1, 0.15) is 31.2 Å². The molecule has 0 radical (unpaired) electrons. The van der Waals surface area contributed by atoms with E-state index in [0.29, 0.717) is 6.61 Å². The summed E-state index contributed by atoms with van der Waals surface area (Å²) in [4.78, 5) is 3.21. The molecule has 1 saturated carbocycles. The van der Waals surface area contributed by atoms with E-state index >= 15 is 0 Å². The number of H-pyrrole nitrogens is 1. The monoisotopic (exact) mass is 258 g/mol. The van der Waals surface area contributed by atoms with Crippen molar-refractivity contribution in [3.05, 3.63) is 36.0 Å². The van der Waals surface area contributed by atoms with Gasteiger partial charge in [0.2, 0.25) is 0 Å². The van der Waals surface area contributed by atoms with Gasteiger partial charge in [0.15, 0.2) is 0 Å². The van der Waals surface area contributed by atoms with Crippen LogP contribution in [-0.4, -0.2) is 23.2 Å². The first kappa shape index (κ1) is 12.7. The zero-order valence-corrected chi connectivity index (χ0v) is 11.3. The van der Waals surface area contributed by atoms with Gasteiger partial charge in [0.05, 0.1) is 0 Å². The summed E-state index contributed by atoms with van der Waals surface area (Å²) < 4.78 is 0. The van der Waals surface area contributed by atoms with Crippen molar-refractivity contribution in [1.82, 2.24) is 10.3 Å². The van der Waals surface area contributed by atoms with E-state index in [0.717, 1.165) is 19.5 Å². The smallest absolute Gasteiger partial charge is 0.0487 e. The van der Waals surface area contributed by atoms with Crippen molar-refractivity contribution in [2.24, 2.45) is 5.41 Å². The van der Waals surface area contributed by atoms with Crippen LogP contribution in [0.25, 0.3) is 10.9 Å². The average molecular weight is 258 g/mol. The molecule has 1 aliphatic rings. The molecule has 3 rings (SSSR count). The van der Waals surface area contributed by atoms with Crippen LogP contribution in [0.3, 0.4) is 0 Å². The predicted molar refractivity (Wildman–Crippen MR) is 78.0 cm³/mol. The van der Waals surface area contributed by atoms with E-state index in [9.17, 15) is 5.11 Å². The van der Waals surface area contributed by atoms with E-state index < -0.39 is 0 Å². The Kier molecular flexibility index (Phi) is 3.58. The molecular formula is C16H22N2O. The largest absolute Gasteiger partial charge is 0.396 e. The molecule has 1 fully saturated rings. The number of aromatic nitrogens is 1. The van der Waals surface area contributed by atoms with Crippen molar-refractivity contribution in [3.8, 4) is 0 Å². The van der Waals surface area contributed by atoms with E-state index in [1.54, 1.807) is 0 Å². The molecule has 0 saturated heterocycles. The molecule has 0 unspecified atom stereocenters. The van der Waals surface area contributed by atoms with Crippen molar-refractivity contribution in [1.29, 1.82) is 0 Å². The standard InChI is InChI=1S/C16H22N2O/c19-12-16(5-1-6-16)7-9-17-11-13-2-3-15-14(10-13)4-8-18-15/h2-4,8,10,17-19H,1,5-7,9,11-12H2. The van der Waals surface area contributed by atoms with Crippen molar-refractivity contribution >= 4 is 10.9 Å². The lowest BCUT2D eigenvalue weighted by molar-refractivity contribution is 0.0364.